The van der Waals surface area contributed by atoms with Gasteiger partial charge in [-0.2, -0.15) is 0 Å². The fourth-order valence-corrected chi connectivity index (χ4v) is 5.72. The Kier molecular flexibility index (Phi) is 7.47. The molecule has 12 heteroatoms. The van der Waals surface area contributed by atoms with Gasteiger partial charge in [-0.3, -0.25) is 4.79 Å². The van der Waals surface area contributed by atoms with Crippen molar-refractivity contribution in [3.05, 3.63) is 34.6 Å². The van der Waals surface area contributed by atoms with Crippen molar-refractivity contribution in [2.24, 2.45) is 0 Å². The lowest BCUT2D eigenvalue weighted by Gasteiger charge is -2.40. The van der Waals surface area contributed by atoms with Crippen molar-refractivity contribution < 1.29 is 33.3 Å². The number of amides is 2. The number of fused-ring (bicyclic) bond motifs is 2. The van der Waals surface area contributed by atoms with Gasteiger partial charge in [-0.25, -0.2) is 14.2 Å². The first-order valence-electron chi connectivity index (χ1n) is 13.4. The summed E-state index contributed by atoms with van der Waals surface area (Å²) >= 11 is 6.80. The fourth-order valence-electron chi connectivity index (χ4n) is 5.43. The number of carbonyl (C=O) groups is 2. The Morgan fingerprint density at radius 2 is 1.85 bits per heavy atom. The molecule has 0 unspecified atom stereocenters. The Morgan fingerprint density at radius 3 is 2.50 bits per heavy atom. The largest absolute Gasteiger partial charge is 0.507 e. The highest BCUT2D eigenvalue weighted by Crippen LogP contribution is 2.46. The molecule has 40 heavy (non-hydrogen) atoms. The number of piperazine rings is 1. The summed E-state index contributed by atoms with van der Waals surface area (Å²) in [5.41, 5.74) is -0.699. The first kappa shape index (κ1) is 28.2. The highest BCUT2D eigenvalue weighted by molar-refractivity contribution is 6.35. The minimum absolute atomic E-state index is 0.0270. The van der Waals surface area contributed by atoms with Crippen LogP contribution >= 0.6 is 11.6 Å². The number of morpholine rings is 1. The van der Waals surface area contributed by atoms with Crippen LogP contribution in [0.25, 0.3) is 11.3 Å². The first-order chi connectivity index (χ1) is 18.8. The SMILES string of the molecule is C[C@@H]1CN(c2nc(-c3c(O)cccc3F)c(Cl)c3c2C(=O)N2CCN(C(=O)OC(C)(C)C)C[C@@H]2CO3)C[C@H](C)O1. The molecule has 3 atom stereocenters. The van der Waals surface area contributed by atoms with Crippen molar-refractivity contribution >= 4 is 29.4 Å². The number of carbonyl (C=O) groups excluding carboxylic acids is 2. The van der Waals surface area contributed by atoms with Gasteiger partial charge in [-0.1, -0.05) is 17.7 Å². The highest BCUT2D eigenvalue weighted by Gasteiger charge is 2.42. The van der Waals surface area contributed by atoms with Gasteiger partial charge >= 0.3 is 6.09 Å². The Morgan fingerprint density at radius 1 is 1.15 bits per heavy atom. The zero-order valence-electron chi connectivity index (χ0n) is 23.2. The van der Waals surface area contributed by atoms with E-state index < -0.39 is 23.6 Å². The number of hydrogen-bond donors (Lipinski definition) is 1. The van der Waals surface area contributed by atoms with Crippen LogP contribution in [0.5, 0.6) is 11.5 Å². The molecule has 1 aromatic heterocycles. The van der Waals surface area contributed by atoms with E-state index in [4.69, 9.17) is 30.8 Å². The number of pyridine rings is 1. The summed E-state index contributed by atoms with van der Waals surface area (Å²) in [6.07, 6.45) is -0.779. The average molecular weight is 577 g/mol. The molecule has 3 aliphatic rings. The Labute approximate surface area is 237 Å². The number of rotatable bonds is 2. The number of phenolic OH excluding ortho intramolecular Hbond substituents is 1. The van der Waals surface area contributed by atoms with Gasteiger partial charge < -0.3 is 34.0 Å². The highest BCUT2D eigenvalue weighted by atomic mass is 35.5. The van der Waals surface area contributed by atoms with Crippen molar-refractivity contribution in [3.8, 4) is 22.8 Å². The summed E-state index contributed by atoms with van der Waals surface area (Å²) in [5, 5.41) is 10.5. The van der Waals surface area contributed by atoms with E-state index in [-0.39, 0.29) is 83.5 Å². The third-order valence-corrected chi connectivity index (χ3v) is 7.40. The molecule has 4 heterocycles. The van der Waals surface area contributed by atoms with Gasteiger partial charge in [-0.05, 0) is 46.8 Å². The first-order valence-corrected chi connectivity index (χ1v) is 13.7. The van der Waals surface area contributed by atoms with Crippen molar-refractivity contribution in [2.45, 2.75) is 58.5 Å². The van der Waals surface area contributed by atoms with Gasteiger partial charge in [0.15, 0.2) is 5.75 Å². The number of halogens is 2. The van der Waals surface area contributed by atoms with Gasteiger partial charge in [0.1, 0.15) is 45.9 Å². The number of aromatic hydroxyl groups is 1. The number of aromatic nitrogens is 1. The van der Waals surface area contributed by atoms with Gasteiger partial charge in [-0.15, -0.1) is 0 Å². The predicted octanol–water partition coefficient (Wildman–Crippen LogP) is 4.31. The maximum absolute atomic E-state index is 15.0. The van der Waals surface area contributed by atoms with Gasteiger partial charge in [0.05, 0.1) is 23.8 Å². The summed E-state index contributed by atoms with van der Waals surface area (Å²) in [5.74, 6) is -1.05. The summed E-state index contributed by atoms with van der Waals surface area (Å²) < 4.78 is 32.7. The van der Waals surface area contributed by atoms with Crippen molar-refractivity contribution in [3.63, 3.8) is 0 Å². The van der Waals surface area contributed by atoms with Crippen molar-refractivity contribution in [1.82, 2.24) is 14.8 Å². The number of hydrogen-bond acceptors (Lipinski definition) is 8. The van der Waals surface area contributed by atoms with Crippen LogP contribution in [-0.2, 0) is 9.47 Å². The van der Waals surface area contributed by atoms with E-state index in [1.54, 1.807) is 30.6 Å². The molecule has 10 nitrogen and oxygen atoms in total. The Hall–Kier alpha value is -3.31. The molecule has 3 aliphatic heterocycles. The monoisotopic (exact) mass is 576 g/mol. The summed E-state index contributed by atoms with van der Waals surface area (Å²) in [6, 6.07) is 3.46. The topological polar surface area (TPSA) is 105 Å². The molecule has 2 fully saturated rings. The van der Waals surface area contributed by atoms with E-state index in [9.17, 15) is 14.7 Å². The number of anilines is 1. The summed E-state index contributed by atoms with van der Waals surface area (Å²) in [7, 11) is 0. The molecule has 1 N–H and O–H groups in total. The second-order valence-electron chi connectivity index (χ2n) is 11.5. The minimum Gasteiger partial charge on any atom is -0.507 e. The Balaban J connectivity index is 1.59. The average Bonchev–Trinajstić information content (AvgIpc) is 3.00. The molecular weight excluding hydrogens is 543 g/mol. The molecule has 0 bridgehead atoms. The third kappa shape index (κ3) is 5.36. The lowest BCUT2D eigenvalue weighted by Crippen LogP contribution is -2.58. The molecule has 2 amide bonds. The lowest BCUT2D eigenvalue weighted by atomic mass is 10.0. The maximum atomic E-state index is 15.0. The zero-order chi connectivity index (χ0) is 28.9. The van der Waals surface area contributed by atoms with Crippen LogP contribution in [0.1, 0.15) is 45.0 Å². The second-order valence-corrected chi connectivity index (χ2v) is 11.9. The lowest BCUT2D eigenvalue weighted by molar-refractivity contribution is -0.00557. The third-order valence-electron chi connectivity index (χ3n) is 7.05. The molecule has 0 aliphatic carbocycles. The van der Waals surface area contributed by atoms with E-state index in [0.717, 1.165) is 0 Å². The maximum Gasteiger partial charge on any atom is 0.410 e. The van der Waals surface area contributed by atoms with E-state index >= 15 is 4.39 Å². The van der Waals surface area contributed by atoms with Gasteiger partial charge in [0, 0.05) is 32.7 Å². The van der Waals surface area contributed by atoms with Crippen LogP contribution in [0.2, 0.25) is 5.02 Å². The van der Waals surface area contributed by atoms with E-state index in [1.165, 1.54) is 18.2 Å². The van der Waals surface area contributed by atoms with Crippen molar-refractivity contribution in [1.29, 1.82) is 0 Å². The molecule has 2 aromatic rings. The van der Waals surface area contributed by atoms with Gasteiger partial charge in [0.25, 0.3) is 5.91 Å². The molecule has 0 saturated carbocycles. The smallest absolute Gasteiger partial charge is 0.410 e. The van der Waals surface area contributed by atoms with E-state index in [1.807, 2.05) is 18.7 Å². The van der Waals surface area contributed by atoms with Gasteiger partial charge in [0.2, 0.25) is 0 Å². The van der Waals surface area contributed by atoms with Crippen LogP contribution < -0.4 is 9.64 Å². The quantitative estimate of drug-likeness (QED) is 0.564. The summed E-state index contributed by atoms with van der Waals surface area (Å²) in [6.45, 7) is 10.9. The molecule has 0 radical (unpaired) electrons. The predicted molar refractivity (Wildman–Crippen MR) is 147 cm³/mol. The number of nitrogens with zero attached hydrogens (tertiary/aromatic N) is 4. The molecule has 0 spiro atoms. The van der Waals surface area contributed by atoms with Crippen LogP contribution in [0.4, 0.5) is 15.0 Å². The molecule has 216 valence electrons. The normalized spacial score (nSPS) is 23.2. The van der Waals surface area contributed by atoms with Crippen LogP contribution in [-0.4, -0.2) is 95.1 Å². The Bertz CT molecular complexity index is 1300. The number of phenols is 1. The van der Waals surface area contributed by atoms with Crippen LogP contribution in [0.15, 0.2) is 18.2 Å². The minimum atomic E-state index is -0.714. The molecule has 1 aromatic carbocycles. The molecular formula is C28H34ClFN4O6. The van der Waals surface area contributed by atoms with E-state index in [2.05, 4.69) is 0 Å². The van der Waals surface area contributed by atoms with E-state index in [0.29, 0.717) is 13.1 Å². The van der Waals surface area contributed by atoms with Crippen molar-refractivity contribution in [2.75, 3.05) is 44.2 Å². The standard InChI is InChI=1S/C28H34ClFN4O6/c1-15-11-33(12-16(2)39-15)25-21-24(22(29)23(31-25)20-18(30)7-6-8-19(20)35)38-14-17-13-32(9-10-34(17)26(21)36)27(37)40-28(3,4)5/h6-8,15-17,35H,9-14H2,1-5H3/t15-,16+,17-/m1/s1. The molecule has 2 saturated heterocycles. The molecule has 5 rings (SSSR count). The second kappa shape index (κ2) is 10.6. The number of ether oxygens (including phenoxy) is 3. The number of benzene rings is 1. The fraction of sp³-hybridized carbons (Fsp3) is 0.536. The van der Waals surface area contributed by atoms with Crippen LogP contribution in [0.3, 0.4) is 0 Å². The van der Waals surface area contributed by atoms with Crippen LogP contribution in [0, 0.1) is 5.82 Å². The summed E-state index contributed by atoms with van der Waals surface area (Å²) in [4.78, 5) is 36.8. The zero-order valence-corrected chi connectivity index (χ0v) is 24.0.